The van der Waals surface area contributed by atoms with Gasteiger partial charge >= 0.3 is 5.97 Å². The second-order valence-electron chi connectivity index (χ2n) is 5.92. The van der Waals surface area contributed by atoms with Crippen molar-refractivity contribution in [3.8, 4) is 0 Å². The normalized spacial score (nSPS) is 33.2. The third-order valence-corrected chi connectivity index (χ3v) is 6.08. The number of rotatable bonds is 6. The van der Waals surface area contributed by atoms with Gasteiger partial charge in [0.1, 0.15) is 5.54 Å². The van der Waals surface area contributed by atoms with Crippen molar-refractivity contribution in [2.24, 2.45) is 0 Å². The molecule has 0 radical (unpaired) electrons. The van der Waals surface area contributed by atoms with Gasteiger partial charge in [-0.05, 0) is 39.0 Å². The zero-order valence-electron chi connectivity index (χ0n) is 12.8. The highest BCUT2D eigenvalue weighted by atomic mass is 32.2. The standard InChI is InChI=1S/C14H25NO5S/c1-3-19-13(16)14(15-10-11-6-5-9-20-11)8-4-7-12(14)21(2,17)18/h11-12,15H,3-10H2,1-2H3. The van der Waals surface area contributed by atoms with Crippen LogP contribution in [0.2, 0.25) is 0 Å². The Kier molecular flexibility index (Phi) is 5.27. The number of ether oxygens (including phenoxy) is 2. The van der Waals surface area contributed by atoms with Crippen LogP contribution >= 0.6 is 0 Å². The molecule has 1 aliphatic heterocycles. The van der Waals surface area contributed by atoms with E-state index in [1.54, 1.807) is 6.92 Å². The first kappa shape index (κ1) is 16.7. The molecule has 0 bridgehead atoms. The number of sulfone groups is 1. The summed E-state index contributed by atoms with van der Waals surface area (Å²) in [5.41, 5.74) is -1.12. The van der Waals surface area contributed by atoms with Crippen LogP contribution in [0.25, 0.3) is 0 Å². The summed E-state index contributed by atoms with van der Waals surface area (Å²) in [6.45, 7) is 3.20. The van der Waals surface area contributed by atoms with E-state index in [9.17, 15) is 13.2 Å². The Bertz CT molecular complexity index is 472. The molecule has 6 nitrogen and oxygen atoms in total. The highest BCUT2D eigenvalue weighted by molar-refractivity contribution is 7.91. The Morgan fingerprint density at radius 3 is 2.71 bits per heavy atom. The summed E-state index contributed by atoms with van der Waals surface area (Å²) in [6.07, 6.45) is 4.90. The minimum absolute atomic E-state index is 0.0529. The maximum absolute atomic E-state index is 12.4. The predicted molar refractivity (Wildman–Crippen MR) is 78.8 cm³/mol. The van der Waals surface area contributed by atoms with E-state index in [-0.39, 0.29) is 12.7 Å². The topological polar surface area (TPSA) is 81.7 Å². The fourth-order valence-corrected chi connectivity index (χ4v) is 5.05. The van der Waals surface area contributed by atoms with Crippen molar-refractivity contribution >= 4 is 15.8 Å². The maximum atomic E-state index is 12.4. The lowest BCUT2D eigenvalue weighted by Gasteiger charge is -2.34. The largest absolute Gasteiger partial charge is 0.465 e. The highest BCUT2D eigenvalue weighted by Crippen LogP contribution is 2.36. The summed E-state index contributed by atoms with van der Waals surface area (Å²) in [7, 11) is -3.32. The molecular formula is C14H25NO5S. The zero-order valence-corrected chi connectivity index (χ0v) is 13.6. The molecule has 0 amide bonds. The molecule has 7 heteroatoms. The van der Waals surface area contributed by atoms with Gasteiger partial charge in [-0.2, -0.15) is 0 Å². The zero-order chi connectivity index (χ0) is 15.5. The summed E-state index contributed by atoms with van der Waals surface area (Å²) >= 11 is 0. The molecule has 2 aliphatic rings. The van der Waals surface area contributed by atoms with E-state index in [4.69, 9.17) is 9.47 Å². The minimum Gasteiger partial charge on any atom is -0.465 e. The maximum Gasteiger partial charge on any atom is 0.327 e. The summed E-state index contributed by atoms with van der Waals surface area (Å²) < 4.78 is 34.9. The lowest BCUT2D eigenvalue weighted by molar-refractivity contribution is -0.151. The molecule has 1 heterocycles. The number of nitrogens with one attached hydrogen (secondary N) is 1. The average molecular weight is 319 g/mol. The second-order valence-corrected chi connectivity index (χ2v) is 8.15. The van der Waals surface area contributed by atoms with Gasteiger partial charge < -0.3 is 9.47 Å². The molecule has 2 fully saturated rings. The number of carbonyl (C=O) groups is 1. The first-order chi connectivity index (χ1) is 9.90. The number of esters is 1. The lowest BCUT2D eigenvalue weighted by atomic mass is 9.96. The van der Waals surface area contributed by atoms with Gasteiger partial charge in [-0.25, -0.2) is 8.42 Å². The fraction of sp³-hybridized carbons (Fsp3) is 0.929. The molecule has 1 saturated carbocycles. The van der Waals surface area contributed by atoms with Crippen LogP contribution in [0.1, 0.15) is 39.0 Å². The van der Waals surface area contributed by atoms with Gasteiger partial charge in [0.25, 0.3) is 0 Å². The van der Waals surface area contributed by atoms with Gasteiger partial charge in [0.15, 0.2) is 9.84 Å². The van der Waals surface area contributed by atoms with E-state index in [1.165, 1.54) is 6.26 Å². The summed E-state index contributed by atoms with van der Waals surface area (Å²) in [4.78, 5) is 12.4. The molecule has 2 rings (SSSR count). The van der Waals surface area contributed by atoms with Gasteiger partial charge in [-0.3, -0.25) is 10.1 Å². The van der Waals surface area contributed by atoms with E-state index in [2.05, 4.69) is 5.32 Å². The van der Waals surface area contributed by atoms with Crippen molar-refractivity contribution in [3.63, 3.8) is 0 Å². The van der Waals surface area contributed by atoms with Gasteiger partial charge in [-0.15, -0.1) is 0 Å². The van der Waals surface area contributed by atoms with E-state index in [1.807, 2.05) is 0 Å². The second kappa shape index (κ2) is 6.62. The molecule has 0 aromatic carbocycles. The molecule has 3 unspecified atom stereocenters. The molecular weight excluding hydrogens is 294 g/mol. The fourth-order valence-electron chi connectivity index (χ4n) is 3.42. The van der Waals surface area contributed by atoms with E-state index >= 15 is 0 Å². The third kappa shape index (κ3) is 3.57. The lowest BCUT2D eigenvalue weighted by Crippen LogP contribution is -2.61. The monoisotopic (exact) mass is 319 g/mol. The molecule has 3 atom stereocenters. The Balaban J connectivity index is 2.18. The molecule has 0 spiro atoms. The minimum atomic E-state index is -3.32. The molecule has 0 aromatic rings. The van der Waals surface area contributed by atoms with Crippen LogP contribution in [0.4, 0.5) is 0 Å². The van der Waals surface area contributed by atoms with Crippen LogP contribution in [0.15, 0.2) is 0 Å². The first-order valence-electron chi connectivity index (χ1n) is 7.63. The van der Waals surface area contributed by atoms with Gasteiger partial charge in [0.05, 0.1) is 18.0 Å². The van der Waals surface area contributed by atoms with Crippen LogP contribution in [0.3, 0.4) is 0 Å². The molecule has 1 N–H and O–H groups in total. The number of hydrogen-bond acceptors (Lipinski definition) is 6. The summed E-state index contributed by atoms with van der Waals surface area (Å²) in [5.74, 6) is -0.448. The van der Waals surface area contributed by atoms with Crippen molar-refractivity contribution in [1.29, 1.82) is 0 Å². The van der Waals surface area contributed by atoms with Crippen LogP contribution in [0, 0.1) is 0 Å². The van der Waals surface area contributed by atoms with E-state index in [0.29, 0.717) is 25.8 Å². The highest BCUT2D eigenvalue weighted by Gasteiger charge is 2.54. The molecule has 1 aliphatic carbocycles. The van der Waals surface area contributed by atoms with E-state index in [0.717, 1.165) is 19.4 Å². The van der Waals surface area contributed by atoms with Crippen molar-refractivity contribution in [2.45, 2.75) is 55.9 Å². The van der Waals surface area contributed by atoms with Crippen molar-refractivity contribution < 1.29 is 22.7 Å². The quantitative estimate of drug-likeness (QED) is 0.724. The van der Waals surface area contributed by atoms with Crippen LogP contribution in [-0.2, 0) is 24.1 Å². The van der Waals surface area contributed by atoms with Crippen LogP contribution < -0.4 is 5.32 Å². The number of carbonyl (C=O) groups excluding carboxylic acids is 1. The average Bonchev–Trinajstić information content (AvgIpc) is 3.06. The van der Waals surface area contributed by atoms with Crippen LogP contribution in [0.5, 0.6) is 0 Å². The Morgan fingerprint density at radius 1 is 1.38 bits per heavy atom. The number of hydrogen-bond donors (Lipinski definition) is 1. The Labute approximate surface area is 126 Å². The summed E-state index contributed by atoms with van der Waals surface area (Å²) in [5, 5.41) is 2.48. The van der Waals surface area contributed by atoms with Crippen molar-refractivity contribution in [3.05, 3.63) is 0 Å². The molecule has 1 saturated heterocycles. The van der Waals surface area contributed by atoms with E-state index < -0.39 is 26.6 Å². The Hall–Kier alpha value is -0.660. The molecule has 21 heavy (non-hydrogen) atoms. The van der Waals surface area contributed by atoms with Gasteiger partial charge in [0.2, 0.25) is 0 Å². The van der Waals surface area contributed by atoms with Crippen molar-refractivity contribution in [2.75, 3.05) is 26.0 Å². The van der Waals surface area contributed by atoms with Crippen LogP contribution in [-0.4, -0.2) is 57.3 Å². The SMILES string of the molecule is CCOC(=O)C1(NCC2CCCO2)CCCC1S(C)(=O)=O. The first-order valence-corrected chi connectivity index (χ1v) is 9.58. The van der Waals surface area contributed by atoms with Gasteiger partial charge in [-0.1, -0.05) is 0 Å². The third-order valence-electron chi connectivity index (χ3n) is 4.41. The Morgan fingerprint density at radius 2 is 2.14 bits per heavy atom. The predicted octanol–water partition coefficient (Wildman–Crippen LogP) is 0.654. The molecule has 0 aromatic heterocycles. The summed E-state index contributed by atoms with van der Waals surface area (Å²) in [6, 6.07) is 0. The van der Waals surface area contributed by atoms with Crippen molar-refractivity contribution in [1.82, 2.24) is 5.32 Å². The smallest absolute Gasteiger partial charge is 0.327 e. The molecule has 122 valence electrons. The van der Waals surface area contributed by atoms with Gasteiger partial charge in [0, 0.05) is 19.4 Å².